The highest BCUT2D eigenvalue weighted by Crippen LogP contribution is 2.36. The number of rotatable bonds is 8. The summed E-state index contributed by atoms with van der Waals surface area (Å²) in [5.74, 6) is 0.541. The SMILES string of the molecule is COCCCCNC(=O)c1sc(-c2ccccc2)cc1OC. The third kappa shape index (κ3) is 4.32. The molecule has 1 heterocycles. The number of nitrogens with one attached hydrogen (secondary N) is 1. The zero-order valence-electron chi connectivity index (χ0n) is 12.9. The van der Waals surface area contributed by atoms with Crippen molar-refractivity contribution in [2.75, 3.05) is 27.4 Å². The number of hydrogen-bond donors (Lipinski definition) is 1. The summed E-state index contributed by atoms with van der Waals surface area (Å²) in [5.41, 5.74) is 1.09. The van der Waals surface area contributed by atoms with Gasteiger partial charge < -0.3 is 14.8 Å². The van der Waals surface area contributed by atoms with Crippen molar-refractivity contribution >= 4 is 17.2 Å². The molecule has 0 aliphatic carbocycles. The van der Waals surface area contributed by atoms with Gasteiger partial charge in [0.05, 0.1) is 7.11 Å². The summed E-state index contributed by atoms with van der Waals surface area (Å²) in [6.45, 7) is 1.36. The largest absolute Gasteiger partial charge is 0.495 e. The number of ether oxygens (including phenoxy) is 2. The van der Waals surface area contributed by atoms with Gasteiger partial charge in [-0.1, -0.05) is 30.3 Å². The van der Waals surface area contributed by atoms with Gasteiger partial charge in [-0.15, -0.1) is 11.3 Å². The van der Waals surface area contributed by atoms with E-state index in [1.807, 2.05) is 36.4 Å². The minimum atomic E-state index is -0.0820. The number of carbonyl (C=O) groups is 1. The van der Waals surface area contributed by atoms with Crippen LogP contribution in [0.1, 0.15) is 22.5 Å². The Morgan fingerprint density at radius 1 is 1.18 bits per heavy atom. The Bertz CT molecular complexity index is 595. The van der Waals surface area contributed by atoms with E-state index in [9.17, 15) is 4.79 Å². The van der Waals surface area contributed by atoms with Crippen LogP contribution < -0.4 is 10.1 Å². The molecule has 1 aromatic carbocycles. The molecular formula is C17H21NO3S. The zero-order valence-corrected chi connectivity index (χ0v) is 13.7. The molecule has 0 saturated heterocycles. The second kappa shape index (κ2) is 8.56. The van der Waals surface area contributed by atoms with Gasteiger partial charge in [0.2, 0.25) is 0 Å². The van der Waals surface area contributed by atoms with Crippen LogP contribution in [-0.4, -0.2) is 33.3 Å². The Labute approximate surface area is 135 Å². The highest BCUT2D eigenvalue weighted by molar-refractivity contribution is 7.17. The van der Waals surface area contributed by atoms with Crippen LogP contribution in [0.15, 0.2) is 36.4 Å². The van der Waals surface area contributed by atoms with Gasteiger partial charge in [0, 0.05) is 25.1 Å². The minimum Gasteiger partial charge on any atom is -0.495 e. The van der Waals surface area contributed by atoms with Crippen LogP contribution in [-0.2, 0) is 4.74 Å². The topological polar surface area (TPSA) is 47.6 Å². The van der Waals surface area contributed by atoms with Gasteiger partial charge in [-0.3, -0.25) is 4.79 Å². The summed E-state index contributed by atoms with van der Waals surface area (Å²) in [5, 5.41) is 2.93. The van der Waals surface area contributed by atoms with E-state index in [0.29, 0.717) is 17.2 Å². The van der Waals surface area contributed by atoms with Gasteiger partial charge in [0.1, 0.15) is 10.6 Å². The average molecular weight is 319 g/mol. The minimum absolute atomic E-state index is 0.0820. The summed E-state index contributed by atoms with van der Waals surface area (Å²) in [4.78, 5) is 13.9. The van der Waals surface area contributed by atoms with Crippen LogP contribution in [0, 0.1) is 0 Å². The molecule has 1 amide bonds. The first-order valence-electron chi connectivity index (χ1n) is 7.26. The van der Waals surface area contributed by atoms with Crippen LogP contribution in [0.25, 0.3) is 10.4 Å². The highest BCUT2D eigenvalue weighted by Gasteiger charge is 2.17. The predicted molar refractivity (Wildman–Crippen MR) is 89.8 cm³/mol. The number of amides is 1. The van der Waals surface area contributed by atoms with Gasteiger partial charge in [-0.2, -0.15) is 0 Å². The summed E-state index contributed by atoms with van der Waals surface area (Å²) < 4.78 is 10.3. The Morgan fingerprint density at radius 2 is 1.95 bits per heavy atom. The standard InChI is InChI=1S/C17H21NO3S/c1-20-11-7-6-10-18-17(19)16-14(21-2)12-15(22-16)13-8-4-3-5-9-13/h3-5,8-9,12H,6-7,10-11H2,1-2H3,(H,18,19). The fourth-order valence-electron chi connectivity index (χ4n) is 2.08. The van der Waals surface area contributed by atoms with E-state index < -0.39 is 0 Å². The van der Waals surface area contributed by atoms with Crippen molar-refractivity contribution in [2.24, 2.45) is 0 Å². The summed E-state index contributed by atoms with van der Waals surface area (Å²) in [6.07, 6.45) is 1.84. The number of methoxy groups -OCH3 is 2. The molecule has 2 aromatic rings. The van der Waals surface area contributed by atoms with Crippen molar-refractivity contribution in [3.8, 4) is 16.2 Å². The second-order valence-corrected chi connectivity index (χ2v) is 5.88. The first-order chi connectivity index (χ1) is 10.8. The number of hydrogen-bond acceptors (Lipinski definition) is 4. The average Bonchev–Trinajstić information content (AvgIpc) is 3.00. The molecule has 4 nitrogen and oxygen atoms in total. The lowest BCUT2D eigenvalue weighted by molar-refractivity contribution is 0.0953. The van der Waals surface area contributed by atoms with Gasteiger partial charge in [0.15, 0.2) is 0 Å². The lowest BCUT2D eigenvalue weighted by Crippen LogP contribution is -2.24. The Morgan fingerprint density at radius 3 is 2.64 bits per heavy atom. The molecule has 118 valence electrons. The van der Waals surface area contributed by atoms with Crippen molar-refractivity contribution in [3.05, 3.63) is 41.3 Å². The Hall–Kier alpha value is -1.85. The second-order valence-electron chi connectivity index (χ2n) is 4.83. The monoisotopic (exact) mass is 319 g/mol. The van der Waals surface area contributed by atoms with Gasteiger partial charge in [-0.05, 0) is 24.5 Å². The van der Waals surface area contributed by atoms with Crippen LogP contribution in [0.4, 0.5) is 0 Å². The summed E-state index contributed by atoms with van der Waals surface area (Å²) >= 11 is 1.45. The normalized spacial score (nSPS) is 10.5. The Kier molecular flexibility index (Phi) is 6.43. The fourth-order valence-corrected chi connectivity index (χ4v) is 3.13. The number of benzene rings is 1. The Balaban J connectivity index is 2.03. The van der Waals surface area contributed by atoms with Crippen LogP contribution in [0.3, 0.4) is 0 Å². The maximum Gasteiger partial charge on any atom is 0.265 e. The molecule has 1 aromatic heterocycles. The van der Waals surface area contributed by atoms with Crippen molar-refractivity contribution in [3.63, 3.8) is 0 Å². The van der Waals surface area contributed by atoms with E-state index in [-0.39, 0.29) is 5.91 Å². The number of carbonyl (C=O) groups excluding carboxylic acids is 1. The molecule has 0 aliphatic heterocycles. The molecule has 0 bridgehead atoms. The molecule has 5 heteroatoms. The fraction of sp³-hybridized carbons (Fsp3) is 0.353. The highest BCUT2D eigenvalue weighted by atomic mass is 32.1. The lowest BCUT2D eigenvalue weighted by atomic mass is 10.2. The molecule has 0 atom stereocenters. The van der Waals surface area contributed by atoms with E-state index in [4.69, 9.17) is 9.47 Å². The molecule has 0 radical (unpaired) electrons. The van der Waals surface area contributed by atoms with Crippen LogP contribution >= 0.6 is 11.3 Å². The number of thiophene rings is 1. The molecule has 0 saturated carbocycles. The zero-order chi connectivity index (χ0) is 15.8. The van der Waals surface area contributed by atoms with Gasteiger partial charge in [0.25, 0.3) is 5.91 Å². The molecule has 0 fully saturated rings. The van der Waals surface area contributed by atoms with Gasteiger partial charge >= 0.3 is 0 Å². The third-order valence-electron chi connectivity index (χ3n) is 3.24. The number of unbranched alkanes of at least 4 members (excludes halogenated alkanes) is 1. The van der Waals surface area contributed by atoms with Crippen molar-refractivity contribution in [2.45, 2.75) is 12.8 Å². The smallest absolute Gasteiger partial charge is 0.265 e. The molecule has 1 N–H and O–H groups in total. The van der Waals surface area contributed by atoms with Crippen LogP contribution in [0.5, 0.6) is 5.75 Å². The molecule has 0 aliphatic rings. The van der Waals surface area contributed by atoms with E-state index in [1.54, 1.807) is 14.2 Å². The maximum atomic E-state index is 12.3. The summed E-state index contributed by atoms with van der Waals surface area (Å²) in [6, 6.07) is 11.9. The van der Waals surface area contributed by atoms with E-state index in [2.05, 4.69) is 5.32 Å². The van der Waals surface area contributed by atoms with E-state index >= 15 is 0 Å². The van der Waals surface area contributed by atoms with Crippen molar-refractivity contribution in [1.29, 1.82) is 0 Å². The molecule has 2 rings (SSSR count). The van der Waals surface area contributed by atoms with Crippen LogP contribution in [0.2, 0.25) is 0 Å². The summed E-state index contributed by atoms with van der Waals surface area (Å²) in [7, 11) is 3.27. The first-order valence-corrected chi connectivity index (χ1v) is 8.08. The predicted octanol–water partition coefficient (Wildman–Crippen LogP) is 3.58. The molecule has 0 spiro atoms. The lowest BCUT2D eigenvalue weighted by Gasteiger charge is -2.05. The first kappa shape index (κ1) is 16.5. The van der Waals surface area contributed by atoms with Gasteiger partial charge in [-0.25, -0.2) is 0 Å². The third-order valence-corrected chi connectivity index (χ3v) is 4.41. The van der Waals surface area contributed by atoms with E-state index in [1.165, 1.54) is 11.3 Å². The van der Waals surface area contributed by atoms with Crippen molar-refractivity contribution < 1.29 is 14.3 Å². The maximum absolute atomic E-state index is 12.3. The molecular weight excluding hydrogens is 298 g/mol. The molecule has 0 unspecified atom stereocenters. The quantitative estimate of drug-likeness (QED) is 0.757. The van der Waals surface area contributed by atoms with E-state index in [0.717, 1.165) is 29.9 Å². The van der Waals surface area contributed by atoms with Crippen molar-refractivity contribution in [1.82, 2.24) is 5.32 Å². The molecule has 22 heavy (non-hydrogen) atoms.